The van der Waals surface area contributed by atoms with Crippen molar-refractivity contribution in [3.8, 4) is 11.5 Å². The molecule has 1 atom stereocenters. The number of nitrogens with zero attached hydrogens (tertiary/aromatic N) is 2. The summed E-state index contributed by atoms with van der Waals surface area (Å²) in [5, 5.41) is 9.31. The molecule has 0 aromatic heterocycles. The predicted octanol–water partition coefficient (Wildman–Crippen LogP) is 2.76. The van der Waals surface area contributed by atoms with Crippen molar-refractivity contribution < 1.29 is 24.2 Å². The Morgan fingerprint density at radius 2 is 2.07 bits per heavy atom. The molecule has 0 spiro atoms. The first kappa shape index (κ1) is 21.3. The summed E-state index contributed by atoms with van der Waals surface area (Å²) in [5.74, 6) is -0.0865. The van der Waals surface area contributed by atoms with E-state index in [1.54, 1.807) is 17.0 Å². The Morgan fingerprint density at radius 1 is 1.33 bits per heavy atom. The number of benzene rings is 1. The van der Waals surface area contributed by atoms with Gasteiger partial charge in [0.05, 0.1) is 25.3 Å². The number of hydrogen-bond acceptors (Lipinski definition) is 5. The van der Waals surface area contributed by atoms with Crippen molar-refractivity contribution in [2.24, 2.45) is 0 Å². The summed E-state index contributed by atoms with van der Waals surface area (Å²) in [6, 6.07) is 3.41. The fourth-order valence-electron chi connectivity index (χ4n) is 3.38. The second kappa shape index (κ2) is 9.80. The molecule has 150 valence electrons. The number of hydrogen-bond donors (Lipinski definition) is 1. The van der Waals surface area contributed by atoms with E-state index < -0.39 is 5.97 Å². The summed E-state index contributed by atoms with van der Waals surface area (Å²) < 4.78 is 10.8. The van der Waals surface area contributed by atoms with Gasteiger partial charge in [0.25, 0.3) is 5.91 Å². The number of carbonyl (C=O) groups excluding carboxylic acids is 1. The van der Waals surface area contributed by atoms with E-state index in [0.29, 0.717) is 41.8 Å². The van der Waals surface area contributed by atoms with Crippen LogP contribution in [0, 0.1) is 0 Å². The Hall–Kier alpha value is -1.99. The number of amides is 1. The number of carboxylic acids is 1. The fraction of sp³-hybridized carbons (Fsp3) is 0.579. The Kier molecular flexibility index (Phi) is 7.74. The highest BCUT2D eigenvalue weighted by Crippen LogP contribution is 2.36. The van der Waals surface area contributed by atoms with Crippen molar-refractivity contribution in [2.75, 3.05) is 40.4 Å². The van der Waals surface area contributed by atoms with Crippen LogP contribution >= 0.6 is 11.6 Å². The molecule has 1 aliphatic rings. The van der Waals surface area contributed by atoms with Crippen molar-refractivity contribution in [3.05, 3.63) is 22.7 Å². The van der Waals surface area contributed by atoms with Crippen molar-refractivity contribution in [2.45, 2.75) is 32.2 Å². The smallest absolute Gasteiger partial charge is 0.317 e. The molecule has 1 aromatic carbocycles. The van der Waals surface area contributed by atoms with E-state index in [9.17, 15) is 9.59 Å². The molecule has 0 bridgehead atoms. The van der Waals surface area contributed by atoms with E-state index in [1.807, 2.05) is 18.9 Å². The molecule has 1 unspecified atom stereocenters. The first-order chi connectivity index (χ1) is 12.9. The molecule has 1 saturated heterocycles. The molecule has 1 fully saturated rings. The molecule has 1 N–H and O–H groups in total. The molecule has 0 radical (unpaired) electrons. The average Bonchev–Trinajstić information content (AvgIpc) is 2.88. The first-order valence-corrected chi connectivity index (χ1v) is 9.46. The third-order valence-electron chi connectivity index (χ3n) is 4.76. The lowest BCUT2D eigenvalue weighted by molar-refractivity contribution is -0.138. The van der Waals surface area contributed by atoms with Gasteiger partial charge in [-0.1, -0.05) is 11.6 Å². The minimum atomic E-state index is -0.842. The lowest BCUT2D eigenvalue weighted by Crippen LogP contribution is -2.37. The number of likely N-dealkylation sites (N-methyl/N-ethyl adjacent to an activating group) is 1. The van der Waals surface area contributed by atoms with E-state index >= 15 is 0 Å². The van der Waals surface area contributed by atoms with Crippen LogP contribution < -0.4 is 9.47 Å². The van der Waals surface area contributed by atoms with Crippen LogP contribution in [0.2, 0.25) is 5.02 Å². The minimum Gasteiger partial charge on any atom is -0.493 e. The molecule has 1 aromatic rings. The molecule has 1 aliphatic heterocycles. The number of aliphatic carboxylic acids is 1. The Labute approximate surface area is 164 Å². The van der Waals surface area contributed by atoms with Gasteiger partial charge in [0, 0.05) is 24.7 Å². The number of methoxy groups -OCH3 is 1. The van der Waals surface area contributed by atoms with Crippen LogP contribution in [-0.4, -0.2) is 73.2 Å². The van der Waals surface area contributed by atoms with Gasteiger partial charge in [-0.3, -0.25) is 14.5 Å². The number of likely N-dealkylation sites (tertiary alicyclic amines) is 1. The molecule has 8 heteroatoms. The van der Waals surface area contributed by atoms with E-state index in [0.717, 1.165) is 19.3 Å². The monoisotopic (exact) mass is 398 g/mol. The molecule has 1 heterocycles. The van der Waals surface area contributed by atoms with Crippen LogP contribution in [0.4, 0.5) is 0 Å². The maximum Gasteiger partial charge on any atom is 0.317 e. The topological polar surface area (TPSA) is 79.3 Å². The van der Waals surface area contributed by atoms with E-state index in [1.165, 1.54) is 7.11 Å². The van der Waals surface area contributed by atoms with Gasteiger partial charge >= 0.3 is 5.97 Å². The molecular weight excluding hydrogens is 372 g/mol. The number of ether oxygens (including phenoxy) is 2. The molecule has 2 rings (SSSR count). The second-order valence-corrected chi connectivity index (χ2v) is 7.02. The highest BCUT2D eigenvalue weighted by atomic mass is 35.5. The highest BCUT2D eigenvalue weighted by molar-refractivity contribution is 6.32. The Balaban J connectivity index is 2.11. The third kappa shape index (κ3) is 5.49. The lowest BCUT2D eigenvalue weighted by Gasteiger charge is -2.25. The van der Waals surface area contributed by atoms with Crippen LogP contribution in [0.1, 0.15) is 36.5 Å². The van der Waals surface area contributed by atoms with E-state index in [-0.39, 0.29) is 18.5 Å². The number of carboxylic acid groups (broad SMARTS) is 1. The van der Waals surface area contributed by atoms with Gasteiger partial charge in [-0.05, 0) is 45.4 Å². The molecule has 1 amide bonds. The molecule has 27 heavy (non-hydrogen) atoms. The quantitative estimate of drug-likeness (QED) is 0.760. The maximum atomic E-state index is 13.0. The van der Waals surface area contributed by atoms with Crippen molar-refractivity contribution in [1.29, 1.82) is 0 Å². The zero-order valence-electron chi connectivity index (χ0n) is 16.0. The van der Waals surface area contributed by atoms with Crippen molar-refractivity contribution in [1.82, 2.24) is 9.80 Å². The van der Waals surface area contributed by atoms with Crippen LogP contribution in [-0.2, 0) is 4.79 Å². The summed E-state index contributed by atoms with van der Waals surface area (Å²) in [7, 11) is 3.32. The van der Waals surface area contributed by atoms with Gasteiger partial charge in [0.2, 0.25) is 0 Å². The molecule has 7 nitrogen and oxygen atoms in total. The van der Waals surface area contributed by atoms with Gasteiger partial charge in [0.1, 0.15) is 0 Å². The lowest BCUT2D eigenvalue weighted by atomic mass is 10.1. The maximum absolute atomic E-state index is 13.0. The van der Waals surface area contributed by atoms with Crippen LogP contribution in [0.15, 0.2) is 12.1 Å². The number of halogens is 1. The Morgan fingerprint density at radius 3 is 2.70 bits per heavy atom. The second-order valence-electron chi connectivity index (χ2n) is 6.61. The summed E-state index contributed by atoms with van der Waals surface area (Å²) >= 11 is 6.28. The normalized spacial score (nSPS) is 17.5. The average molecular weight is 399 g/mol. The van der Waals surface area contributed by atoms with Crippen molar-refractivity contribution >= 4 is 23.5 Å². The predicted molar refractivity (Wildman–Crippen MR) is 103 cm³/mol. The standard InChI is InChI=1S/C19H27ClN2O5/c1-4-27-18-15(20)10-13(11-16(18)26-3)19(25)22-8-5-6-14(7-9-22)21(2)12-17(23)24/h10-11,14H,4-9,12H2,1-3H3,(H,23,24). The van der Waals surface area contributed by atoms with Crippen LogP contribution in [0.5, 0.6) is 11.5 Å². The summed E-state index contributed by atoms with van der Waals surface area (Å²) in [6.07, 6.45) is 2.42. The fourth-order valence-corrected chi connectivity index (χ4v) is 3.64. The van der Waals surface area contributed by atoms with Gasteiger partial charge < -0.3 is 19.5 Å². The zero-order chi connectivity index (χ0) is 20.0. The minimum absolute atomic E-state index is 0.00428. The van der Waals surface area contributed by atoms with Crippen LogP contribution in [0.3, 0.4) is 0 Å². The number of carbonyl (C=O) groups is 2. The van der Waals surface area contributed by atoms with Crippen LogP contribution in [0.25, 0.3) is 0 Å². The SMILES string of the molecule is CCOc1c(Cl)cc(C(=O)N2CCCC(N(C)CC(=O)O)CC2)cc1OC. The van der Waals surface area contributed by atoms with Gasteiger partial charge in [-0.25, -0.2) is 0 Å². The molecule has 0 aliphatic carbocycles. The molecular formula is C19H27ClN2O5. The first-order valence-electron chi connectivity index (χ1n) is 9.09. The molecule has 0 saturated carbocycles. The zero-order valence-corrected chi connectivity index (χ0v) is 16.8. The third-order valence-corrected chi connectivity index (χ3v) is 5.04. The van der Waals surface area contributed by atoms with E-state index in [4.69, 9.17) is 26.2 Å². The van der Waals surface area contributed by atoms with Gasteiger partial charge in [-0.15, -0.1) is 0 Å². The van der Waals surface area contributed by atoms with E-state index in [2.05, 4.69) is 0 Å². The van der Waals surface area contributed by atoms with Gasteiger partial charge in [0.15, 0.2) is 11.5 Å². The number of rotatable bonds is 7. The largest absolute Gasteiger partial charge is 0.493 e. The van der Waals surface area contributed by atoms with Crippen molar-refractivity contribution in [3.63, 3.8) is 0 Å². The summed E-state index contributed by atoms with van der Waals surface area (Å²) in [4.78, 5) is 27.5. The highest BCUT2D eigenvalue weighted by Gasteiger charge is 2.26. The van der Waals surface area contributed by atoms with Gasteiger partial charge in [-0.2, -0.15) is 0 Å². The summed E-state index contributed by atoms with van der Waals surface area (Å²) in [5.41, 5.74) is 0.456. The summed E-state index contributed by atoms with van der Waals surface area (Å²) in [6.45, 7) is 3.50. The Bertz CT molecular complexity index is 682.